The molecule has 1 aliphatic heterocycles. The molecular weight excluding hydrogens is 329 g/mol. The Morgan fingerprint density at radius 1 is 1.41 bits per heavy atom. The highest BCUT2D eigenvalue weighted by Gasteiger charge is 2.35. The number of aliphatic hydroxyl groups is 1. The van der Waals surface area contributed by atoms with Crippen LogP contribution in [0.3, 0.4) is 0 Å². The standard InChI is InChI=1S/C15H19Cl2NO4/c1-9(2)22-14-7-18(6-12(14)19)15(20)8-21-13-4-3-10(16)5-11(13)17/h3-5,9,12,14,19H,6-8H2,1-2H3. The quantitative estimate of drug-likeness (QED) is 0.888. The molecule has 0 aliphatic carbocycles. The molecule has 1 aromatic carbocycles. The summed E-state index contributed by atoms with van der Waals surface area (Å²) in [5.74, 6) is 0.175. The van der Waals surface area contributed by atoms with E-state index in [2.05, 4.69) is 0 Å². The Balaban J connectivity index is 1.88. The van der Waals surface area contributed by atoms with Gasteiger partial charge in [0.25, 0.3) is 5.91 Å². The van der Waals surface area contributed by atoms with Crippen LogP contribution in [0.25, 0.3) is 0 Å². The van der Waals surface area contributed by atoms with Crippen molar-refractivity contribution >= 4 is 29.1 Å². The fraction of sp³-hybridized carbons (Fsp3) is 0.533. The molecule has 122 valence electrons. The minimum Gasteiger partial charge on any atom is -0.482 e. The zero-order valence-corrected chi connectivity index (χ0v) is 14.0. The number of ether oxygens (including phenoxy) is 2. The van der Waals surface area contributed by atoms with E-state index in [1.54, 1.807) is 18.2 Å². The lowest BCUT2D eigenvalue weighted by molar-refractivity contribution is -0.133. The molecule has 2 rings (SSSR count). The van der Waals surface area contributed by atoms with Gasteiger partial charge in [-0.1, -0.05) is 23.2 Å². The van der Waals surface area contributed by atoms with Crippen molar-refractivity contribution in [1.29, 1.82) is 0 Å². The Hall–Kier alpha value is -1.01. The summed E-state index contributed by atoms with van der Waals surface area (Å²) in [6.45, 7) is 4.23. The summed E-state index contributed by atoms with van der Waals surface area (Å²) in [6, 6.07) is 4.80. The molecular formula is C15H19Cl2NO4. The largest absolute Gasteiger partial charge is 0.482 e. The van der Waals surface area contributed by atoms with Crippen LogP contribution in [0.15, 0.2) is 18.2 Å². The van der Waals surface area contributed by atoms with Crippen molar-refractivity contribution in [2.24, 2.45) is 0 Å². The van der Waals surface area contributed by atoms with Crippen molar-refractivity contribution in [3.63, 3.8) is 0 Å². The van der Waals surface area contributed by atoms with E-state index in [-0.39, 0.29) is 31.3 Å². The van der Waals surface area contributed by atoms with E-state index in [0.717, 1.165) is 0 Å². The normalized spacial score (nSPS) is 21.5. The minimum atomic E-state index is -0.675. The van der Waals surface area contributed by atoms with Crippen LogP contribution in [0.4, 0.5) is 0 Å². The van der Waals surface area contributed by atoms with E-state index in [0.29, 0.717) is 22.3 Å². The van der Waals surface area contributed by atoms with Gasteiger partial charge in [-0.2, -0.15) is 0 Å². The number of amides is 1. The van der Waals surface area contributed by atoms with Crippen LogP contribution in [0.1, 0.15) is 13.8 Å². The molecule has 1 saturated heterocycles. The predicted molar refractivity (Wildman–Crippen MR) is 84.6 cm³/mol. The van der Waals surface area contributed by atoms with Gasteiger partial charge in [0, 0.05) is 18.1 Å². The van der Waals surface area contributed by atoms with Crippen LogP contribution >= 0.6 is 23.2 Å². The van der Waals surface area contributed by atoms with Crippen LogP contribution in [-0.4, -0.2) is 53.9 Å². The first-order chi connectivity index (χ1) is 10.4. The molecule has 1 aliphatic rings. The molecule has 2 unspecified atom stereocenters. The van der Waals surface area contributed by atoms with E-state index in [4.69, 9.17) is 32.7 Å². The third-order valence-electron chi connectivity index (χ3n) is 3.28. The number of halogens is 2. The molecule has 1 fully saturated rings. The summed E-state index contributed by atoms with van der Waals surface area (Å²) in [6.07, 6.45) is -1.03. The van der Waals surface area contributed by atoms with Gasteiger partial charge in [-0.3, -0.25) is 4.79 Å². The first kappa shape index (κ1) is 17.3. The lowest BCUT2D eigenvalue weighted by atomic mass is 10.2. The number of β-amino-alcohol motifs (C(OH)–C–C–N with tert-alkyl or cyclic N) is 1. The van der Waals surface area contributed by atoms with E-state index in [9.17, 15) is 9.90 Å². The van der Waals surface area contributed by atoms with Crippen molar-refractivity contribution in [3.05, 3.63) is 28.2 Å². The van der Waals surface area contributed by atoms with Gasteiger partial charge >= 0.3 is 0 Å². The maximum atomic E-state index is 12.1. The summed E-state index contributed by atoms with van der Waals surface area (Å²) in [5.41, 5.74) is 0. The zero-order chi connectivity index (χ0) is 16.3. The van der Waals surface area contributed by atoms with Gasteiger partial charge in [0.05, 0.1) is 17.2 Å². The number of hydrogen-bond donors (Lipinski definition) is 1. The second-order valence-electron chi connectivity index (χ2n) is 5.45. The number of carbonyl (C=O) groups excluding carboxylic acids is 1. The smallest absolute Gasteiger partial charge is 0.260 e. The number of aliphatic hydroxyl groups excluding tert-OH is 1. The molecule has 22 heavy (non-hydrogen) atoms. The molecule has 5 nitrogen and oxygen atoms in total. The molecule has 0 aromatic heterocycles. The fourth-order valence-electron chi connectivity index (χ4n) is 2.27. The second kappa shape index (κ2) is 7.51. The Labute approximate surface area is 139 Å². The first-order valence-corrected chi connectivity index (χ1v) is 7.81. The van der Waals surface area contributed by atoms with Gasteiger partial charge in [0.15, 0.2) is 6.61 Å². The van der Waals surface area contributed by atoms with Gasteiger partial charge in [0.1, 0.15) is 11.9 Å². The summed E-state index contributed by atoms with van der Waals surface area (Å²) in [5, 5.41) is 10.8. The van der Waals surface area contributed by atoms with Gasteiger partial charge in [-0.15, -0.1) is 0 Å². The molecule has 1 amide bonds. The van der Waals surface area contributed by atoms with Gasteiger partial charge in [0.2, 0.25) is 0 Å². The second-order valence-corrected chi connectivity index (χ2v) is 6.30. The molecule has 7 heteroatoms. The number of benzene rings is 1. The molecule has 1 N–H and O–H groups in total. The molecule has 0 bridgehead atoms. The maximum absolute atomic E-state index is 12.1. The highest BCUT2D eigenvalue weighted by Crippen LogP contribution is 2.27. The van der Waals surface area contributed by atoms with Gasteiger partial charge < -0.3 is 19.5 Å². The number of nitrogens with zero attached hydrogens (tertiary/aromatic N) is 1. The SMILES string of the molecule is CC(C)OC1CN(C(=O)COc2ccc(Cl)cc2Cl)CC1O. The summed E-state index contributed by atoms with van der Waals surface area (Å²) < 4.78 is 11.0. The highest BCUT2D eigenvalue weighted by molar-refractivity contribution is 6.35. The number of rotatable bonds is 5. The summed E-state index contributed by atoms with van der Waals surface area (Å²) in [4.78, 5) is 13.7. The van der Waals surface area contributed by atoms with Crippen molar-refractivity contribution in [2.75, 3.05) is 19.7 Å². The van der Waals surface area contributed by atoms with Crippen LogP contribution in [0, 0.1) is 0 Å². The van der Waals surface area contributed by atoms with Crippen molar-refractivity contribution in [2.45, 2.75) is 32.2 Å². The van der Waals surface area contributed by atoms with Crippen molar-refractivity contribution in [1.82, 2.24) is 4.90 Å². The Morgan fingerprint density at radius 2 is 2.14 bits per heavy atom. The molecule has 1 heterocycles. The van der Waals surface area contributed by atoms with E-state index < -0.39 is 6.10 Å². The fourth-order valence-corrected chi connectivity index (χ4v) is 2.73. The molecule has 2 atom stereocenters. The maximum Gasteiger partial charge on any atom is 0.260 e. The third-order valence-corrected chi connectivity index (χ3v) is 3.81. The van der Waals surface area contributed by atoms with Crippen molar-refractivity contribution in [3.8, 4) is 5.75 Å². The van der Waals surface area contributed by atoms with Gasteiger partial charge in [-0.25, -0.2) is 0 Å². The first-order valence-electron chi connectivity index (χ1n) is 7.06. The predicted octanol–water partition coefficient (Wildman–Crippen LogP) is 2.37. The van der Waals surface area contributed by atoms with E-state index in [1.807, 2.05) is 13.8 Å². The molecule has 1 aromatic rings. The number of carbonyl (C=O) groups is 1. The van der Waals surface area contributed by atoms with E-state index >= 15 is 0 Å². The lowest BCUT2D eigenvalue weighted by Gasteiger charge is -2.18. The average Bonchev–Trinajstić information content (AvgIpc) is 2.78. The monoisotopic (exact) mass is 347 g/mol. The van der Waals surface area contributed by atoms with Crippen LogP contribution in [0.2, 0.25) is 10.0 Å². The summed E-state index contributed by atoms with van der Waals surface area (Å²) >= 11 is 11.8. The average molecular weight is 348 g/mol. The minimum absolute atomic E-state index is 0.00109. The number of hydrogen-bond acceptors (Lipinski definition) is 4. The van der Waals surface area contributed by atoms with E-state index in [1.165, 1.54) is 4.90 Å². The molecule has 0 saturated carbocycles. The topological polar surface area (TPSA) is 59.0 Å². The Morgan fingerprint density at radius 3 is 2.77 bits per heavy atom. The number of likely N-dealkylation sites (tertiary alicyclic amines) is 1. The Kier molecular flexibility index (Phi) is 5.92. The van der Waals surface area contributed by atoms with Crippen LogP contribution < -0.4 is 4.74 Å². The zero-order valence-electron chi connectivity index (χ0n) is 12.5. The third kappa shape index (κ3) is 4.49. The van der Waals surface area contributed by atoms with Crippen molar-refractivity contribution < 1.29 is 19.4 Å². The van der Waals surface area contributed by atoms with Crippen LogP contribution in [0.5, 0.6) is 5.75 Å². The molecule has 0 radical (unpaired) electrons. The Bertz CT molecular complexity index is 538. The summed E-state index contributed by atoms with van der Waals surface area (Å²) in [7, 11) is 0. The van der Waals surface area contributed by atoms with Gasteiger partial charge in [-0.05, 0) is 32.0 Å². The molecule has 0 spiro atoms. The van der Waals surface area contributed by atoms with Crippen LogP contribution in [-0.2, 0) is 9.53 Å². The highest BCUT2D eigenvalue weighted by atomic mass is 35.5. The lowest BCUT2D eigenvalue weighted by Crippen LogP contribution is -2.34.